The number of aryl methyl sites for hydroxylation is 1. The molecule has 2 amide bonds. The van der Waals surface area contributed by atoms with Crippen LogP contribution in [0.15, 0.2) is 24.3 Å². The third kappa shape index (κ3) is 2.55. The molecule has 0 radical (unpaired) electrons. The molecule has 2 saturated heterocycles. The first-order valence-corrected chi connectivity index (χ1v) is 7.69. The normalized spacial score (nSPS) is 25.7. The van der Waals surface area contributed by atoms with Crippen LogP contribution >= 0.6 is 0 Å². The summed E-state index contributed by atoms with van der Waals surface area (Å²) in [6.45, 7) is 3.72. The van der Waals surface area contributed by atoms with E-state index in [4.69, 9.17) is 0 Å². The lowest BCUT2D eigenvalue weighted by Crippen LogP contribution is -2.36. The SMILES string of the molecule is Cc1ccc([C@@H]2[C@H](C(=O)N3CCCC3)CC(=O)N2C)cc1. The Morgan fingerprint density at radius 3 is 2.38 bits per heavy atom. The number of carbonyl (C=O) groups is 2. The van der Waals surface area contributed by atoms with Crippen molar-refractivity contribution >= 4 is 11.8 Å². The lowest BCUT2D eigenvalue weighted by atomic mass is 9.92. The van der Waals surface area contributed by atoms with Crippen LogP contribution in [-0.4, -0.2) is 41.8 Å². The van der Waals surface area contributed by atoms with Crippen molar-refractivity contribution in [2.45, 2.75) is 32.2 Å². The number of carbonyl (C=O) groups excluding carboxylic acids is 2. The van der Waals surface area contributed by atoms with Gasteiger partial charge in [-0.25, -0.2) is 0 Å². The van der Waals surface area contributed by atoms with Gasteiger partial charge in [-0.3, -0.25) is 9.59 Å². The maximum absolute atomic E-state index is 12.7. The Kier molecular flexibility index (Phi) is 3.70. The number of likely N-dealkylation sites (tertiary alicyclic amines) is 2. The van der Waals surface area contributed by atoms with Crippen LogP contribution in [-0.2, 0) is 9.59 Å². The van der Waals surface area contributed by atoms with Crippen LogP contribution in [0.3, 0.4) is 0 Å². The molecule has 2 atom stereocenters. The smallest absolute Gasteiger partial charge is 0.228 e. The highest BCUT2D eigenvalue weighted by molar-refractivity contribution is 5.90. The fourth-order valence-electron chi connectivity index (χ4n) is 3.48. The van der Waals surface area contributed by atoms with Crippen LogP contribution in [0, 0.1) is 12.8 Å². The second kappa shape index (κ2) is 5.51. The predicted octanol–water partition coefficient (Wildman–Crippen LogP) is 2.14. The van der Waals surface area contributed by atoms with E-state index in [0.29, 0.717) is 6.42 Å². The number of amides is 2. The summed E-state index contributed by atoms with van der Waals surface area (Å²) >= 11 is 0. The van der Waals surface area contributed by atoms with E-state index in [9.17, 15) is 9.59 Å². The van der Waals surface area contributed by atoms with Crippen molar-refractivity contribution in [1.82, 2.24) is 9.80 Å². The van der Waals surface area contributed by atoms with E-state index in [0.717, 1.165) is 31.5 Å². The summed E-state index contributed by atoms with van der Waals surface area (Å²) in [5, 5.41) is 0. The van der Waals surface area contributed by atoms with Crippen LogP contribution in [0.2, 0.25) is 0 Å². The molecule has 0 N–H and O–H groups in total. The van der Waals surface area contributed by atoms with Gasteiger partial charge in [0, 0.05) is 26.6 Å². The molecule has 0 spiro atoms. The van der Waals surface area contributed by atoms with Crippen molar-refractivity contribution in [2.75, 3.05) is 20.1 Å². The second-order valence-electron chi connectivity index (χ2n) is 6.20. The minimum atomic E-state index is -0.233. The molecule has 4 heteroatoms. The predicted molar refractivity (Wildman–Crippen MR) is 80.6 cm³/mol. The Hall–Kier alpha value is -1.84. The quantitative estimate of drug-likeness (QED) is 0.835. The van der Waals surface area contributed by atoms with Gasteiger partial charge in [0.15, 0.2) is 0 Å². The number of hydrogen-bond donors (Lipinski definition) is 0. The Bertz CT molecular complexity index is 546. The van der Waals surface area contributed by atoms with Crippen LogP contribution in [0.4, 0.5) is 0 Å². The van der Waals surface area contributed by atoms with E-state index in [-0.39, 0.29) is 23.8 Å². The first-order chi connectivity index (χ1) is 10.1. The molecule has 1 aromatic carbocycles. The molecule has 2 fully saturated rings. The molecule has 4 nitrogen and oxygen atoms in total. The van der Waals surface area contributed by atoms with Gasteiger partial charge in [0.2, 0.25) is 11.8 Å². The Labute approximate surface area is 125 Å². The summed E-state index contributed by atoms with van der Waals surface area (Å²) in [6, 6.07) is 8.05. The molecule has 112 valence electrons. The van der Waals surface area contributed by atoms with Gasteiger partial charge in [0.05, 0.1) is 12.0 Å². The Balaban J connectivity index is 1.88. The zero-order valence-electron chi connectivity index (χ0n) is 12.7. The van der Waals surface area contributed by atoms with Crippen LogP contribution in [0.5, 0.6) is 0 Å². The lowest BCUT2D eigenvalue weighted by molar-refractivity contribution is -0.135. The van der Waals surface area contributed by atoms with Crippen LogP contribution in [0.1, 0.15) is 36.4 Å². The highest BCUT2D eigenvalue weighted by Gasteiger charge is 2.44. The minimum absolute atomic E-state index is 0.0677. The van der Waals surface area contributed by atoms with Gasteiger partial charge >= 0.3 is 0 Å². The van der Waals surface area contributed by atoms with Crippen molar-refractivity contribution in [3.8, 4) is 0 Å². The molecule has 0 bridgehead atoms. The summed E-state index contributed by atoms with van der Waals surface area (Å²) < 4.78 is 0. The maximum Gasteiger partial charge on any atom is 0.228 e. The fraction of sp³-hybridized carbons (Fsp3) is 0.529. The van der Waals surface area contributed by atoms with E-state index in [1.54, 1.807) is 4.90 Å². The summed E-state index contributed by atoms with van der Waals surface area (Å²) in [5.74, 6) is -0.0165. The third-order valence-corrected chi connectivity index (χ3v) is 4.74. The van der Waals surface area contributed by atoms with E-state index in [1.165, 1.54) is 5.56 Å². The van der Waals surface area contributed by atoms with Gasteiger partial charge in [0.25, 0.3) is 0 Å². The largest absolute Gasteiger partial charge is 0.342 e. The molecule has 0 saturated carbocycles. The lowest BCUT2D eigenvalue weighted by Gasteiger charge is -2.27. The molecule has 2 aliphatic rings. The minimum Gasteiger partial charge on any atom is -0.342 e. The highest BCUT2D eigenvalue weighted by Crippen LogP contribution is 2.38. The molecule has 0 unspecified atom stereocenters. The van der Waals surface area contributed by atoms with Gasteiger partial charge in [-0.2, -0.15) is 0 Å². The summed E-state index contributed by atoms with van der Waals surface area (Å²) in [6.07, 6.45) is 2.50. The van der Waals surface area contributed by atoms with Gasteiger partial charge < -0.3 is 9.80 Å². The monoisotopic (exact) mass is 286 g/mol. The molecule has 2 aliphatic heterocycles. The molecule has 0 aliphatic carbocycles. The van der Waals surface area contributed by atoms with Crippen molar-refractivity contribution in [1.29, 1.82) is 0 Å². The molecular formula is C17H22N2O2. The molecule has 0 aromatic heterocycles. The van der Waals surface area contributed by atoms with Gasteiger partial charge in [-0.05, 0) is 25.3 Å². The molecular weight excluding hydrogens is 264 g/mol. The first-order valence-electron chi connectivity index (χ1n) is 7.69. The van der Waals surface area contributed by atoms with Crippen LogP contribution in [0.25, 0.3) is 0 Å². The van der Waals surface area contributed by atoms with Crippen LogP contribution < -0.4 is 0 Å². The first kappa shape index (κ1) is 14.1. The number of benzene rings is 1. The average Bonchev–Trinajstić information content (AvgIpc) is 3.09. The summed E-state index contributed by atoms with van der Waals surface area (Å²) in [5.41, 5.74) is 2.25. The van der Waals surface area contributed by atoms with Gasteiger partial charge in [-0.15, -0.1) is 0 Å². The number of rotatable bonds is 2. The van der Waals surface area contributed by atoms with Gasteiger partial charge in [-0.1, -0.05) is 29.8 Å². The fourth-order valence-corrected chi connectivity index (χ4v) is 3.48. The Morgan fingerprint density at radius 1 is 1.14 bits per heavy atom. The van der Waals surface area contributed by atoms with Crippen molar-refractivity contribution < 1.29 is 9.59 Å². The summed E-state index contributed by atoms with van der Waals surface area (Å²) in [4.78, 5) is 28.5. The standard InChI is InChI=1S/C17H22N2O2/c1-12-5-7-13(8-6-12)16-14(11-15(20)18(16)2)17(21)19-9-3-4-10-19/h5-8,14,16H,3-4,9-11H2,1-2H3/t14-,16-/m1/s1. The van der Waals surface area contributed by atoms with E-state index in [1.807, 2.05) is 43.1 Å². The molecule has 3 rings (SSSR count). The van der Waals surface area contributed by atoms with Crippen molar-refractivity contribution in [3.63, 3.8) is 0 Å². The van der Waals surface area contributed by atoms with E-state index < -0.39 is 0 Å². The highest BCUT2D eigenvalue weighted by atomic mass is 16.2. The number of hydrogen-bond acceptors (Lipinski definition) is 2. The van der Waals surface area contributed by atoms with E-state index in [2.05, 4.69) is 0 Å². The topological polar surface area (TPSA) is 40.6 Å². The zero-order valence-corrected chi connectivity index (χ0v) is 12.7. The molecule has 2 heterocycles. The van der Waals surface area contributed by atoms with Gasteiger partial charge in [0.1, 0.15) is 0 Å². The maximum atomic E-state index is 12.7. The van der Waals surface area contributed by atoms with Crippen molar-refractivity contribution in [3.05, 3.63) is 35.4 Å². The second-order valence-corrected chi connectivity index (χ2v) is 6.20. The average molecular weight is 286 g/mol. The Morgan fingerprint density at radius 2 is 1.76 bits per heavy atom. The number of nitrogens with zero attached hydrogens (tertiary/aromatic N) is 2. The summed E-state index contributed by atoms with van der Waals surface area (Å²) in [7, 11) is 1.81. The molecule has 1 aromatic rings. The third-order valence-electron chi connectivity index (χ3n) is 4.74. The zero-order chi connectivity index (χ0) is 15.0. The van der Waals surface area contributed by atoms with Crippen molar-refractivity contribution in [2.24, 2.45) is 5.92 Å². The van der Waals surface area contributed by atoms with E-state index >= 15 is 0 Å². The molecule has 21 heavy (non-hydrogen) atoms.